The molecule has 0 unspecified atom stereocenters. The summed E-state index contributed by atoms with van der Waals surface area (Å²) in [5.74, 6) is -4.37. The number of benzene rings is 1. The molecular formula is C12H15F3N2O2. The van der Waals surface area contributed by atoms with E-state index in [4.69, 9.17) is 5.11 Å². The number of amides is 2. The third-order valence-corrected chi connectivity index (χ3v) is 2.40. The van der Waals surface area contributed by atoms with Gasteiger partial charge in [0.15, 0.2) is 17.5 Å². The second kappa shape index (κ2) is 7.63. The topological polar surface area (TPSA) is 61.4 Å². The van der Waals surface area contributed by atoms with Gasteiger partial charge in [0.05, 0.1) is 5.69 Å². The van der Waals surface area contributed by atoms with Gasteiger partial charge >= 0.3 is 6.03 Å². The minimum atomic E-state index is -1.62. The van der Waals surface area contributed by atoms with Gasteiger partial charge in [-0.2, -0.15) is 0 Å². The van der Waals surface area contributed by atoms with Crippen molar-refractivity contribution in [2.45, 2.75) is 19.3 Å². The van der Waals surface area contributed by atoms with Crippen LogP contribution in [0.3, 0.4) is 0 Å². The first kappa shape index (κ1) is 15.3. The number of carbonyl (C=O) groups is 1. The van der Waals surface area contributed by atoms with Crippen LogP contribution in [0, 0.1) is 17.5 Å². The van der Waals surface area contributed by atoms with Gasteiger partial charge in [-0.05, 0) is 31.4 Å². The highest BCUT2D eigenvalue weighted by Crippen LogP contribution is 2.19. The molecule has 1 aromatic rings. The Hall–Kier alpha value is -1.76. The summed E-state index contributed by atoms with van der Waals surface area (Å²) in [6.07, 6.45) is 2.05. The molecule has 0 radical (unpaired) electrons. The van der Waals surface area contributed by atoms with Crippen LogP contribution in [-0.2, 0) is 0 Å². The van der Waals surface area contributed by atoms with Crippen molar-refractivity contribution < 1.29 is 23.1 Å². The van der Waals surface area contributed by atoms with Gasteiger partial charge in [-0.15, -0.1) is 0 Å². The Bertz CT molecular complexity index is 441. The average molecular weight is 276 g/mol. The maximum Gasteiger partial charge on any atom is 0.319 e. The first-order chi connectivity index (χ1) is 9.06. The number of anilines is 1. The molecule has 0 fully saturated rings. The zero-order valence-corrected chi connectivity index (χ0v) is 10.2. The minimum Gasteiger partial charge on any atom is -0.396 e. The number of unbranched alkanes of at least 4 members (excludes halogenated alkanes) is 2. The van der Waals surface area contributed by atoms with Crippen molar-refractivity contribution in [2.75, 3.05) is 18.5 Å². The summed E-state index contributed by atoms with van der Waals surface area (Å²) in [4.78, 5) is 11.3. The Morgan fingerprint density at radius 2 is 1.84 bits per heavy atom. The number of carbonyl (C=O) groups excluding carboxylic acids is 1. The van der Waals surface area contributed by atoms with Crippen molar-refractivity contribution in [3.8, 4) is 0 Å². The molecule has 2 amide bonds. The maximum absolute atomic E-state index is 13.2. The van der Waals surface area contributed by atoms with Gasteiger partial charge in [0, 0.05) is 13.2 Å². The van der Waals surface area contributed by atoms with E-state index in [1.807, 2.05) is 0 Å². The molecule has 0 heterocycles. The molecule has 0 aliphatic heterocycles. The SMILES string of the molecule is O=C(NCCCCCO)Nc1ccc(F)c(F)c1F. The van der Waals surface area contributed by atoms with Crippen LogP contribution in [-0.4, -0.2) is 24.3 Å². The number of rotatable bonds is 6. The van der Waals surface area contributed by atoms with Crippen LogP contribution in [0.4, 0.5) is 23.7 Å². The minimum absolute atomic E-state index is 0.0895. The Kier molecular flexibility index (Phi) is 6.14. The summed E-state index contributed by atoms with van der Waals surface area (Å²) < 4.78 is 38.8. The molecular weight excluding hydrogens is 261 g/mol. The monoisotopic (exact) mass is 276 g/mol. The van der Waals surface area contributed by atoms with E-state index in [1.54, 1.807) is 0 Å². The largest absolute Gasteiger partial charge is 0.396 e. The first-order valence-electron chi connectivity index (χ1n) is 5.85. The number of halogens is 3. The normalized spacial score (nSPS) is 10.3. The van der Waals surface area contributed by atoms with E-state index >= 15 is 0 Å². The Morgan fingerprint density at radius 3 is 2.53 bits per heavy atom. The van der Waals surface area contributed by atoms with E-state index in [-0.39, 0.29) is 6.61 Å². The summed E-state index contributed by atoms with van der Waals surface area (Å²) in [5.41, 5.74) is -0.424. The van der Waals surface area contributed by atoms with Crippen molar-refractivity contribution >= 4 is 11.7 Å². The Labute approximate surface area is 108 Å². The average Bonchev–Trinajstić information content (AvgIpc) is 2.39. The molecule has 19 heavy (non-hydrogen) atoms. The lowest BCUT2D eigenvalue weighted by molar-refractivity contribution is 0.251. The number of hydrogen-bond donors (Lipinski definition) is 3. The third kappa shape index (κ3) is 4.78. The van der Waals surface area contributed by atoms with Crippen molar-refractivity contribution in [1.82, 2.24) is 5.32 Å². The van der Waals surface area contributed by atoms with Crippen molar-refractivity contribution in [3.63, 3.8) is 0 Å². The van der Waals surface area contributed by atoms with E-state index in [1.165, 1.54) is 0 Å². The molecule has 0 aliphatic carbocycles. The van der Waals surface area contributed by atoms with Gasteiger partial charge in [-0.1, -0.05) is 0 Å². The number of aliphatic hydroxyl groups is 1. The van der Waals surface area contributed by atoms with Crippen molar-refractivity contribution in [3.05, 3.63) is 29.6 Å². The fourth-order valence-electron chi connectivity index (χ4n) is 1.40. The molecule has 3 N–H and O–H groups in total. The van der Waals surface area contributed by atoms with Crippen LogP contribution < -0.4 is 10.6 Å². The van der Waals surface area contributed by atoms with Crippen molar-refractivity contribution in [2.24, 2.45) is 0 Å². The summed E-state index contributed by atoms with van der Waals surface area (Å²) >= 11 is 0. The molecule has 7 heteroatoms. The van der Waals surface area contributed by atoms with Gasteiger partial charge in [0.2, 0.25) is 0 Å². The van der Waals surface area contributed by atoms with Gasteiger partial charge in [0.25, 0.3) is 0 Å². The molecule has 1 aromatic carbocycles. The standard InChI is InChI=1S/C12H15F3N2O2/c13-8-4-5-9(11(15)10(8)14)17-12(19)16-6-2-1-3-7-18/h4-5,18H,1-3,6-7H2,(H2,16,17,19). The van der Waals surface area contributed by atoms with Crippen LogP contribution >= 0.6 is 0 Å². The van der Waals surface area contributed by atoms with E-state index in [0.717, 1.165) is 18.6 Å². The van der Waals surface area contributed by atoms with Gasteiger partial charge in [0.1, 0.15) is 0 Å². The lowest BCUT2D eigenvalue weighted by Gasteiger charge is -2.08. The quantitative estimate of drug-likeness (QED) is 0.552. The Balaban J connectivity index is 2.42. The van der Waals surface area contributed by atoms with Crippen molar-refractivity contribution in [1.29, 1.82) is 0 Å². The molecule has 0 bridgehead atoms. The Morgan fingerprint density at radius 1 is 1.11 bits per heavy atom. The number of hydrogen-bond acceptors (Lipinski definition) is 2. The number of urea groups is 1. The van der Waals surface area contributed by atoms with Crippen LogP contribution in [0.15, 0.2) is 12.1 Å². The van der Waals surface area contributed by atoms with Gasteiger partial charge in [-0.25, -0.2) is 18.0 Å². The molecule has 0 atom stereocenters. The van der Waals surface area contributed by atoms with Gasteiger partial charge in [-0.3, -0.25) is 0 Å². The molecule has 0 saturated carbocycles. The number of nitrogens with one attached hydrogen (secondary N) is 2. The van der Waals surface area contributed by atoms with Crippen LogP contribution in [0.25, 0.3) is 0 Å². The van der Waals surface area contributed by atoms with E-state index < -0.39 is 29.2 Å². The molecule has 0 saturated heterocycles. The zero-order valence-electron chi connectivity index (χ0n) is 10.2. The second-order valence-electron chi connectivity index (χ2n) is 3.89. The maximum atomic E-state index is 13.2. The predicted molar refractivity (Wildman–Crippen MR) is 64.3 cm³/mol. The molecule has 4 nitrogen and oxygen atoms in total. The smallest absolute Gasteiger partial charge is 0.319 e. The zero-order chi connectivity index (χ0) is 14.3. The van der Waals surface area contributed by atoms with E-state index in [0.29, 0.717) is 19.4 Å². The van der Waals surface area contributed by atoms with Gasteiger partial charge < -0.3 is 15.7 Å². The fourth-order valence-corrected chi connectivity index (χ4v) is 1.40. The predicted octanol–water partition coefficient (Wildman–Crippen LogP) is 2.39. The molecule has 0 aromatic heterocycles. The molecule has 0 spiro atoms. The fraction of sp³-hybridized carbons (Fsp3) is 0.417. The second-order valence-corrected chi connectivity index (χ2v) is 3.89. The van der Waals surface area contributed by atoms with Crippen LogP contribution in [0.5, 0.6) is 0 Å². The lowest BCUT2D eigenvalue weighted by Crippen LogP contribution is -2.30. The first-order valence-corrected chi connectivity index (χ1v) is 5.85. The molecule has 106 valence electrons. The molecule has 1 rings (SSSR count). The highest BCUT2D eigenvalue weighted by molar-refractivity contribution is 5.89. The summed E-state index contributed by atoms with van der Waals surface area (Å²) in [6.45, 7) is 0.434. The summed E-state index contributed by atoms with van der Waals surface area (Å²) in [6, 6.07) is 0.975. The lowest BCUT2D eigenvalue weighted by atomic mass is 10.2. The number of aliphatic hydroxyl groups excluding tert-OH is 1. The van der Waals surface area contributed by atoms with Crippen LogP contribution in [0.2, 0.25) is 0 Å². The highest BCUT2D eigenvalue weighted by Gasteiger charge is 2.14. The summed E-state index contributed by atoms with van der Waals surface area (Å²) in [7, 11) is 0. The highest BCUT2D eigenvalue weighted by atomic mass is 19.2. The van der Waals surface area contributed by atoms with E-state index in [9.17, 15) is 18.0 Å². The molecule has 0 aliphatic rings. The third-order valence-electron chi connectivity index (χ3n) is 2.40. The summed E-state index contributed by atoms with van der Waals surface area (Å²) in [5, 5.41) is 13.1. The van der Waals surface area contributed by atoms with E-state index in [2.05, 4.69) is 10.6 Å². The van der Waals surface area contributed by atoms with Crippen LogP contribution in [0.1, 0.15) is 19.3 Å².